The standard InChI is InChI=1S/C13H18O4/c1-4-13(2,12(14)15)17-9-10-6-5-7-11(8-10)16-3/h5-8H,4,9H2,1-3H3,(H,14,15). The van der Waals surface area contributed by atoms with Gasteiger partial charge in [0, 0.05) is 0 Å². The van der Waals surface area contributed by atoms with E-state index in [-0.39, 0.29) is 6.61 Å². The number of benzene rings is 1. The van der Waals surface area contributed by atoms with Crippen LogP contribution in [0.15, 0.2) is 24.3 Å². The smallest absolute Gasteiger partial charge is 0.335 e. The molecule has 4 heteroatoms. The molecule has 0 aliphatic heterocycles. The summed E-state index contributed by atoms with van der Waals surface area (Å²) in [6, 6.07) is 7.39. The molecule has 0 heterocycles. The summed E-state index contributed by atoms with van der Waals surface area (Å²) < 4.78 is 10.6. The van der Waals surface area contributed by atoms with Gasteiger partial charge in [0.25, 0.3) is 0 Å². The van der Waals surface area contributed by atoms with E-state index in [1.807, 2.05) is 24.3 Å². The summed E-state index contributed by atoms with van der Waals surface area (Å²) in [5, 5.41) is 9.06. The van der Waals surface area contributed by atoms with Crippen LogP contribution in [0.5, 0.6) is 5.75 Å². The topological polar surface area (TPSA) is 55.8 Å². The Morgan fingerprint density at radius 1 is 1.47 bits per heavy atom. The Balaban J connectivity index is 2.69. The summed E-state index contributed by atoms with van der Waals surface area (Å²) >= 11 is 0. The van der Waals surface area contributed by atoms with Crippen molar-refractivity contribution in [2.75, 3.05) is 7.11 Å². The molecule has 0 spiro atoms. The SMILES string of the molecule is CCC(C)(OCc1cccc(OC)c1)C(=O)O. The summed E-state index contributed by atoms with van der Waals surface area (Å²) in [5.41, 5.74) is -0.242. The first-order chi connectivity index (χ1) is 8.01. The van der Waals surface area contributed by atoms with E-state index in [1.165, 1.54) is 0 Å². The van der Waals surface area contributed by atoms with Crippen LogP contribution in [0.2, 0.25) is 0 Å². The monoisotopic (exact) mass is 238 g/mol. The normalized spacial score (nSPS) is 14.1. The van der Waals surface area contributed by atoms with Gasteiger partial charge in [-0.1, -0.05) is 19.1 Å². The number of ether oxygens (including phenoxy) is 2. The number of hydrogen-bond donors (Lipinski definition) is 1. The van der Waals surface area contributed by atoms with E-state index < -0.39 is 11.6 Å². The summed E-state index contributed by atoms with van der Waals surface area (Å²) in [6.07, 6.45) is 0.423. The van der Waals surface area contributed by atoms with E-state index in [0.29, 0.717) is 6.42 Å². The molecule has 17 heavy (non-hydrogen) atoms. The molecular weight excluding hydrogens is 220 g/mol. The van der Waals surface area contributed by atoms with E-state index in [4.69, 9.17) is 14.6 Å². The zero-order valence-electron chi connectivity index (χ0n) is 10.4. The van der Waals surface area contributed by atoms with Crippen molar-refractivity contribution in [3.05, 3.63) is 29.8 Å². The molecule has 0 radical (unpaired) electrons. The average Bonchev–Trinajstić information content (AvgIpc) is 2.36. The first kappa shape index (κ1) is 13.5. The van der Waals surface area contributed by atoms with Crippen molar-refractivity contribution >= 4 is 5.97 Å². The molecule has 94 valence electrons. The number of carbonyl (C=O) groups is 1. The molecule has 1 atom stereocenters. The molecule has 1 unspecified atom stereocenters. The first-order valence-electron chi connectivity index (χ1n) is 5.52. The van der Waals surface area contributed by atoms with Crippen LogP contribution in [0.25, 0.3) is 0 Å². The highest BCUT2D eigenvalue weighted by molar-refractivity contribution is 5.76. The zero-order valence-corrected chi connectivity index (χ0v) is 10.4. The number of rotatable bonds is 6. The van der Waals surface area contributed by atoms with E-state index in [0.717, 1.165) is 11.3 Å². The van der Waals surface area contributed by atoms with Crippen LogP contribution < -0.4 is 4.74 Å². The molecule has 0 aromatic heterocycles. The van der Waals surface area contributed by atoms with Gasteiger partial charge in [-0.2, -0.15) is 0 Å². The Bertz CT molecular complexity index is 389. The van der Waals surface area contributed by atoms with Gasteiger partial charge in [0.2, 0.25) is 0 Å². The van der Waals surface area contributed by atoms with Crippen LogP contribution in [-0.4, -0.2) is 23.8 Å². The number of methoxy groups -OCH3 is 1. The Labute approximate surface area is 101 Å². The van der Waals surface area contributed by atoms with Crippen molar-refractivity contribution in [2.45, 2.75) is 32.5 Å². The molecular formula is C13H18O4. The average molecular weight is 238 g/mol. The van der Waals surface area contributed by atoms with E-state index in [9.17, 15) is 4.79 Å². The second kappa shape index (κ2) is 5.68. The molecule has 0 amide bonds. The maximum absolute atomic E-state index is 11.0. The summed E-state index contributed by atoms with van der Waals surface area (Å²) in [7, 11) is 1.59. The van der Waals surface area contributed by atoms with Gasteiger partial charge in [-0.3, -0.25) is 0 Å². The molecule has 0 aliphatic carbocycles. The van der Waals surface area contributed by atoms with E-state index in [2.05, 4.69) is 0 Å². The van der Waals surface area contributed by atoms with Crippen molar-refractivity contribution in [1.82, 2.24) is 0 Å². The zero-order chi connectivity index (χ0) is 12.9. The van der Waals surface area contributed by atoms with Crippen molar-refractivity contribution < 1.29 is 19.4 Å². The number of hydrogen-bond acceptors (Lipinski definition) is 3. The molecule has 0 saturated heterocycles. The minimum atomic E-state index is -1.14. The van der Waals surface area contributed by atoms with Crippen molar-refractivity contribution in [1.29, 1.82) is 0 Å². The van der Waals surface area contributed by atoms with Crippen LogP contribution in [0.1, 0.15) is 25.8 Å². The molecule has 1 aromatic rings. The predicted molar refractivity (Wildman–Crippen MR) is 64.1 cm³/mol. The van der Waals surface area contributed by atoms with Crippen LogP contribution in [-0.2, 0) is 16.1 Å². The van der Waals surface area contributed by atoms with Gasteiger partial charge in [0.15, 0.2) is 5.60 Å². The second-order valence-corrected chi connectivity index (χ2v) is 4.03. The highest BCUT2D eigenvalue weighted by Crippen LogP contribution is 2.20. The van der Waals surface area contributed by atoms with Crippen molar-refractivity contribution in [2.24, 2.45) is 0 Å². The maximum atomic E-state index is 11.0. The first-order valence-corrected chi connectivity index (χ1v) is 5.52. The fraction of sp³-hybridized carbons (Fsp3) is 0.462. The maximum Gasteiger partial charge on any atom is 0.335 e. The molecule has 0 saturated carbocycles. The Hall–Kier alpha value is -1.55. The van der Waals surface area contributed by atoms with E-state index in [1.54, 1.807) is 21.0 Å². The van der Waals surface area contributed by atoms with Gasteiger partial charge in [-0.25, -0.2) is 4.79 Å². The fourth-order valence-electron chi connectivity index (χ4n) is 1.32. The minimum absolute atomic E-state index is 0.258. The molecule has 1 N–H and O–H groups in total. The van der Waals surface area contributed by atoms with Gasteiger partial charge in [0.05, 0.1) is 13.7 Å². The lowest BCUT2D eigenvalue weighted by molar-refractivity contribution is -0.165. The van der Waals surface area contributed by atoms with Gasteiger partial charge in [-0.05, 0) is 31.0 Å². The molecule has 1 aromatic carbocycles. The largest absolute Gasteiger partial charge is 0.497 e. The summed E-state index contributed by atoms with van der Waals surface area (Å²) in [4.78, 5) is 11.0. The molecule has 0 fully saturated rings. The highest BCUT2D eigenvalue weighted by Gasteiger charge is 2.31. The third-order valence-electron chi connectivity index (χ3n) is 2.82. The third-order valence-corrected chi connectivity index (χ3v) is 2.82. The van der Waals surface area contributed by atoms with Gasteiger partial charge in [0.1, 0.15) is 5.75 Å². The van der Waals surface area contributed by atoms with Crippen molar-refractivity contribution in [3.63, 3.8) is 0 Å². The molecule has 0 bridgehead atoms. The third kappa shape index (κ3) is 3.46. The quantitative estimate of drug-likeness (QED) is 0.827. The fourth-order valence-corrected chi connectivity index (χ4v) is 1.32. The van der Waals surface area contributed by atoms with Crippen LogP contribution >= 0.6 is 0 Å². The Kier molecular flexibility index (Phi) is 4.52. The lowest BCUT2D eigenvalue weighted by Crippen LogP contribution is -2.37. The molecule has 1 rings (SSSR count). The predicted octanol–water partition coefficient (Wildman–Crippen LogP) is 2.47. The van der Waals surface area contributed by atoms with Crippen LogP contribution in [0.4, 0.5) is 0 Å². The second-order valence-electron chi connectivity index (χ2n) is 4.03. The Morgan fingerprint density at radius 2 is 2.18 bits per heavy atom. The van der Waals surface area contributed by atoms with E-state index >= 15 is 0 Å². The molecule has 0 aliphatic rings. The minimum Gasteiger partial charge on any atom is -0.497 e. The Morgan fingerprint density at radius 3 is 2.71 bits per heavy atom. The summed E-state index contributed by atoms with van der Waals surface area (Å²) in [5.74, 6) is -0.206. The van der Waals surface area contributed by atoms with Crippen molar-refractivity contribution in [3.8, 4) is 5.75 Å². The highest BCUT2D eigenvalue weighted by atomic mass is 16.5. The van der Waals surface area contributed by atoms with Crippen LogP contribution in [0.3, 0.4) is 0 Å². The number of carboxylic acid groups (broad SMARTS) is 1. The number of carboxylic acids is 1. The van der Waals surface area contributed by atoms with Gasteiger partial charge < -0.3 is 14.6 Å². The van der Waals surface area contributed by atoms with Crippen LogP contribution in [0, 0.1) is 0 Å². The number of aliphatic carboxylic acids is 1. The molecule has 4 nitrogen and oxygen atoms in total. The lowest BCUT2D eigenvalue weighted by Gasteiger charge is -2.23. The van der Waals surface area contributed by atoms with Gasteiger partial charge >= 0.3 is 5.97 Å². The lowest BCUT2D eigenvalue weighted by atomic mass is 10.0. The summed E-state index contributed by atoms with van der Waals surface area (Å²) in [6.45, 7) is 3.63. The van der Waals surface area contributed by atoms with Gasteiger partial charge in [-0.15, -0.1) is 0 Å².